The zero-order chi connectivity index (χ0) is 27.1. The Morgan fingerprint density at radius 3 is 2.82 bits per heavy atom. The third-order valence-electron chi connectivity index (χ3n) is 6.68. The minimum Gasteiger partial charge on any atom is -0.491 e. The summed E-state index contributed by atoms with van der Waals surface area (Å²) in [5.41, 5.74) is 2.19. The van der Waals surface area contributed by atoms with Crippen LogP contribution < -0.4 is 15.4 Å². The molecule has 202 valence electrons. The number of benzene rings is 2. The summed E-state index contributed by atoms with van der Waals surface area (Å²) in [6, 6.07) is 12.4. The van der Waals surface area contributed by atoms with Crippen LogP contribution in [0.5, 0.6) is 5.75 Å². The van der Waals surface area contributed by atoms with E-state index >= 15 is 0 Å². The van der Waals surface area contributed by atoms with Crippen molar-refractivity contribution in [3.8, 4) is 5.75 Å². The number of hydrogen-bond donors (Lipinski definition) is 2. The van der Waals surface area contributed by atoms with Crippen molar-refractivity contribution < 1.29 is 19.1 Å². The second kappa shape index (κ2) is 12.8. The van der Waals surface area contributed by atoms with Crippen LogP contribution >= 0.6 is 11.6 Å². The molecule has 3 amide bonds. The molecule has 0 radical (unpaired) electrons. The van der Waals surface area contributed by atoms with Crippen LogP contribution in [0.15, 0.2) is 48.8 Å². The van der Waals surface area contributed by atoms with Crippen LogP contribution in [0.2, 0.25) is 5.02 Å². The summed E-state index contributed by atoms with van der Waals surface area (Å²) in [4.78, 5) is 45.1. The molecule has 4 rings (SSSR count). The van der Waals surface area contributed by atoms with E-state index in [-0.39, 0.29) is 49.3 Å². The number of carbonyl (C=O) groups excluding carboxylic acids is 3. The lowest BCUT2D eigenvalue weighted by Gasteiger charge is -2.26. The quantitative estimate of drug-likeness (QED) is 0.526. The third kappa shape index (κ3) is 7.04. The van der Waals surface area contributed by atoms with Crippen LogP contribution in [0, 0.1) is 5.92 Å². The van der Waals surface area contributed by atoms with Gasteiger partial charge in [-0.3, -0.25) is 14.4 Å². The molecule has 2 heterocycles. The molecule has 0 bridgehead atoms. The molecule has 0 saturated heterocycles. The highest BCUT2D eigenvalue weighted by Gasteiger charge is 2.23. The Kier molecular flexibility index (Phi) is 9.23. The predicted octanol–water partition coefficient (Wildman–Crippen LogP) is 3.65. The maximum absolute atomic E-state index is 13.2. The number of aryl methyl sites for hydroxylation is 1. The number of aromatic nitrogens is 2. The van der Waals surface area contributed by atoms with Gasteiger partial charge in [0.2, 0.25) is 11.8 Å². The van der Waals surface area contributed by atoms with Gasteiger partial charge in [-0.2, -0.15) is 0 Å². The van der Waals surface area contributed by atoms with E-state index in [1.54, 1.807) is 29.4 Å². The van der Waals surface area contributed by atoms with E-state index in [1.165, 1.54) is 0 Å². The number of ether oxygens (including phenoxy) is 1. The number of nitrogens with zero attached hydrogens (tertiary/aromatic N) is 3. The summed E-state index contributed by atoms with van der Waals surface area (Å²) in [7, 11) is 0. The predicted molar refractivity (Wildman–Crippen MR) is 146 cm³/mol. The van der Waals surface area contributed by atoms with Crippen molar-refractivity contribution in [3.05, 3.63) is 59.4 Å². The smallest absolute Gasteiger partial charge is 0.255 e. The highest BCUT2D eigenvalue weighted by Crippen LogP contribution is 2.24. The molecule has 0 aliphatic carbocycles. The summed E-state index contributed by atoms with van der Waals surface area (Å²) in [5.74, 6) is -0.147. The molecule has 2 aromatic carbocycles. The van der Waals surface area contributed by atoms with E-state index in [4.69, 9.17) is 16.3 Å². The molecule has 0 saturated carbocycles. The SMILES string of the molecule is CC(C)[C@H]1COc2ccc(Cl)cc2C(=O)NCCCCN(C(=O)CCn2cnc3ccccc32)CC(=O)N1. The summed E-state index contributed by atoms with van der Waals surface area (Å²) in [6.07, 6.45) is 3.27. The fourth-order valence-corrected chi connectivity index (χ4v) is 4.56. The molecule has 38 heavy (non-hydrogen) atoms. The van der Waals surface area contributed by atoms with Gasteiger partial charge in [0.1, 0.15) is 12.4 Å². The lowest BCUT2D eigenvalue weighted by molar-refractivity contribution is -0.136. The number of amides is 3. The van der Waals surface area contributed by atoms with Gasteiger partial charge in [-0.1, -0.05) is 37.6 Å². The van der Waals surface area contributed by atoms with Crippen LogP contribution in [0.25, 0.3) is 11.0 Å². The average molecular weight is 540 g/mol. The molecule has 10 heteroatoms. The molecule has 9 nitrogen and oxygen atoms in total. The van der Waals surface area contributed by atoms with Crippen molar-refractivity contribution in [2.24, 2.45) is 5.92 Å². The van der Waals surface area contributed by atoms with Gasteiger partial charge in [-0.15, -0.1) is 0 Å². The Morgan fingerprint density at radius 1 is 1.18 bits per heavy atom. The lowest BCUT2D eigenvalue weighted by atomic mass is 10.1. The molecule has 0 unspecified atom stereocenters. The molecule has 1 atom stereocenters. The maximum Gasteiger partial charge on any atom is 0.255 e. The van der Waals surface area contributed by atoms with Crippen molar-refractivity contribution >= 4 is 40.4 Å². The standard InChI is InChI=1S/C28H34ClN5O4/c1-19(2)23-17-38-25-10-9-20(29)15-21(25)28(37)30-12-5-6-13-33(16-26(35)32-23)27(36)11-14-34-18-31-22-7-3-4-8-24(22)34/h3-4,7-10,15,18-19,23H,5-6,11-14,16-17H2,1-2H3,(H,30,37)(H,32,35)/t23-/m1/s1. The van der Waals surface area contributed by atoms with Gasteiger partial charge in [-0.05, 0) is 49.1 Å². The third-order valence-corrected chi connectivity index (χ3v) is 6.91. The maximum atomic E-state index is 13.2. The Labute approximate surface area is 227 Å². The van der Waals surface area contributed by atoms with Crippen molar-refractivity contribution in [3.63, 3.8) is 0 Å². The number of fused-ring (bicyclic) bond motifs is 2. The molecule has 1 aliphatic rings. The second-order valence-corrected chi connectivity index (χ2v) is 10.3. The Hall–Kier alpha value is -3.59. The topological polar surface area (TPSA) is 106 Å². The first-order valence-corrected chi connectivity index (χ1v) is 13.4. The highest BCUT2D eigenvalue weighted by molar-refractivity contribution is 6.31. The fourth-order valence-electron chi connectivity index (χ4n) is 4.39. The van der Waals surface area contributed by atoms with E-state index in [0.717, 1.165) is 11.0 Å². The second-order valence-electron chi connectivity index (χ2n) is 9.82. The lowest BCUT2D eigenvalue weighted by Crippen LogP contribution is -2.48. The molecule has 3 aromatic rings. The van der Waals surface area contributed by atoms with Gasteiger partial charge >= 0.3 is 0 Å². The Morgan fingerprint density at radius 2 is 2.00 bits per heavy atom. The molecule has 1 aliphatic heterocycles. The zero-order valence-electron chi connectivity index (χ0n) is 21.8. The van der Waals surface area contributed by atoms with Gasteiger partial charge in [0, 0.05) is 31.1 Å². The first-order valence-electron chi connectivity index (χ1n) is 13.0. The van der Waals surface area contributed by atoms with Crippen LogP contribution in [0.3, 0.4) is 0 Å². The number of hydrogen-bond acceptors (Lipinski definition) is 5. The molecule has 0 fully saturated rings. The number of para-hydroxylation sites is 2. The van der Waals surface area contributed by atoms with Crippen LogP contribution in [0.1, 0.15) is 43.5 Å². The van der Waals surface area contributed by atoms with Crippen molar-refractivity contribution in [1.82, 2.24) is 25.1 Å². The van der Waals surface area contributed by atoms with Crippen LogP contribution in [-0.2, 0) is 16.1 Å². The molecule has 2 N–H and O–H groups in total. The van der Waals surface area contributed by atoms with Crippen molar-refractivity contribution in [2.75, 3.05) is 26.2 Å². The normalized spacial score (nSPS) is 17.7. The summed E-state index contributed by atoms with van der Waals surface area (Å²) < 4.78 is 7.93. The highest BCUT2D eigenvalue weighted by atomic mass is 35.5. The molecule has 0 spiro atoms. The van der Waals surface area contributed by atoms with E-state index in [2.05, 4.69) is 15.6 Å². The number of imidazole rings is 1. The van der Waals surface area contributed by atoms with Gasteiger partial charge in [0.05, 0.1) is 35.5 Å². The Bertz CT molecular complexity index is 1290. The Balaban J connectivity index is 1.46. The van der Waals surface area contributed by atoms with Crippen LogP contribution in [-0.4, -0.2) is 64.5 Å². The fraction of sp³-hybridized carbons (Fsp3) is 0.429. The van der Waals surface area contributed by atoms with E-state index in [1.807, 2.05) is 42.7 Å². The van der Waals surface area contributed by atoms with E-state index < -0.39 is 0 Å². The summed E-state index contributed by atoms with van der Waals surface area (Å²) in [5, 5.41) is 6.36. The minimum absolute atomic E-state index is 0.0364. The van der Waals surface area contributed by atoms with Gasteiger partial charge in [0.15, 0.2) is 0 Å². The van der Waals surface area contributed by atoms with Crippen molar-refractivity contribution in [2.45, 2.75) is 45.7 Å². The first kappa shape index (κ1) is 27.4. The zero-order valence-corrected chi connectivity index (χ0v) is 22.5. The number of halogens is 1. The first-order chi connectivity index (χ1) is 18.3. The number of nitrogens with one attached hydrogen (secondary N) is 2. The molecule has 1 aromatic heterocycles. The molecular weight excluding hydrogens is 506 g/mol. The van der Waals surface area contributed by atoms with Crippen LogP contribution in [0.4, 0.5) is 0 Å². The molecular formula is C28H34ClN5O4. The number of rotatable bonds is 4. The van der Waals surface area contributed by atoms with Gasteiger partial charge < -0.3 is 24.8 Å². The van der Waals surface area contributed by atoms with E-state index in [9.17, 15) is 14.4 Å². The van der Waals surface area contributed by atoms with Crippen molar-refractivity contribution in [1.29, 1.82) is 0 Å². The average Bonchev–Trinajstić information content (AvgIpc) is 3.31. The van der Waals surface area contributed by atoms with Gasteiger partial charge in [0.25, 0.3) is 5.91 Å². The minimum atomic E-state index is -0.312. The van der Waals surface area contributed by atoms with E-state index in [0.29, 0.717) is 48.8 Å². The summed E-state index contributed by atoms with van der Waals surface area (Å²) >= 11 is 6.13. The largest absolute Gasteiger partial charge is 0.491 e. The van der Waals surface area contributed by atoms with Gasteiger partial charge in [-0.25, -0.2) is 4.98 Å². The monoisotopic (exact) mass is 539 g/mol. The number of carbonyl (C=O) groups is 3. The summed E-state index contributed by atoms with van der Waals surface area (Å²) in [6.45, 7) is 5.41.